The quantitative estimate of drug-likeness (QED) is 0.199. The lowest BCUT2D eigenvalue weighted by Crippen LogP contribution is -2.52. The van der Waals surface area contributed by atoms with Gasteiger partial charge in [-0.2, -0.15) is 8.78 Å². The highest BCUT2D eigenvalue weighted by Gasteiger charge is 2.39. The Morgan fingerprint density at radius 1 is 0.796 bits per heavy atom. The van der Waals surface area contributed by atoms with Crippen molar-refractivity contribution < 1.29 is 23.2 Å². The van der Waals surface area contributed by atoms with Gasteiger partial charge in [0.05, 0.1) is 11.0 Å². The van der Waals surface area contributed by atoms with E-state index in [-0.39, 0.29) is 24.1 Å². The summed E-state index contributed by atoms with van der Waals surface area (Å²) < 4.78 is 29.3. The monoisotopic (exact) mass is 732 g/mol. The first-order chi connectivity index (χ1) is 26.3. The van der Waals surface area contributed by atoms with Crippen molar-refractivity contribution in [2.75, 3.05) is 55.6 Å². The average molecular weight is 733 g/mol. The molecule has 278 valence electrons. The van der Waals surface area contributed by atoms with E-state index in [1.165, 1.54) is 6.42 Å². The average Bonchev–Trinajstić information content (AvgIpc) is 3.71. The van der Waals surface area contributed by atoms with Crippen LogP contribution in [0.2, 0.25) is 0 Å². The molecule has 0 spiro atoms. The van der Waals surface area contributed by atoms with Gasteiger partial charge in [-0.05, 0) is 91.7 Å². The number of halogens is 2. The molecule has 0 saturated carbocycles. The van der Waals surface area contributed by atoms with Crippen LogP contribution in [0.3, 0.4) is 0 Å². The van der Waals surface area contributed by atoms with Gasteiger partial charge < -0.3 is 14.7 Å². The van der Waals surface area contributed by atoms with Gasteiger partial charge in [-0.1, -0.05) is 12.1 Å². The molecule has 1 N–H and O–H groups in total. The number of carbonyl (C=O) groups excluding carboxylic acids is 3. The number of nitrogens with zero attached hydrogens (tertiary/aromatic N) is 7. The van der Waals surface area contributed by atoms with Gasteiger partial charge in [-0.25, -0.2) is 4.98 Å². The molecule has 11 nitrogen and oxygen atoms in total. The van der Waals surface area contributed by atoms with Gasteiger partial charge in [-0.15, -0.1) is 0 Å². The molecular weight excluding hydrogens is 690 g/mol. The van der Waals surface area contributed by atoms with E-state index in [9.17, 15) is 23.2 Å². The zero-order valence-corrected chi connectivity index (χ0v) is 30.0. The smallest absolute Gasteiger partial charge is 0.319 e. The first kappa shape index (κ1) is 34.3. The predicted molar refractivity (Wildman–Crippen MR) is 202 cm³/mol. The lowest BCUT2D eigenvalue weighted by atomic mass is 9.93. The van der Waals surface area contributed by atoms with E-state index in [4.69, 9.17) is 4.98 Å². The zero-order chi connectivity index (χ0) is 36.9. The molecule has 1 unspecified atom stereocenters. The molecule has 3 saturated heterocycles. The molecule has 9 rings (SSSR count). The van der Waals surface area contributed by atoms with Crippen LogP contribution in [0.4, 0.5) is 20.3 Å². The van der Waals surface area contributed by atoms with Crippen molar-refractivity contribution in [3.05, 3.63) is 84.3 Å². The number of hydrogen-bond donors (Lipinski definition) is 1. The van der Waals surface area contributed by atoms with Crippen LogP contribution in [-0.4, -0.2) is 93.9 Å². The van der Waals surface area contributed by atoms with Crippen LogP contribution in [0.15, 0.2) is 73.2 Å². The third-order valence-electron chi connectivity index (χ3n) is 11.9. The first-order valence-corrected chi connectivity index (χ1v) is 18.9. The Hall–Kier alpha value is -5.43. The predicted octanol–water partition coefficient (Wildman–Crippen LogP) is 5.84. The fourth-order valence-corrected chi connectivity index (χ4v) is 8.83. The summed E-state index contributed by atoms with van der Waals surface area (Å²) in [4.78, 5) is 54.9. The molecule has 4 aliphatic rings. The van der Waals surface area contributed by atoms with E-state index in [1.54, 1.807) is 23.4 Å². The summed E-state index contributed by atoms with van der Waals surface area (Å²) in [5.74, 6) is 0.812. The van der Waals surface area contributed by atoms with E-state index in [0.29, 0.717) is 40.9 Å². The number of rotatable bonds is 8. The van der Waals surface area contributed by atoms with E-state index in [0.717, 1.165) is 96.8 Å². The van der Waals surface area contributed by atoms with Crippen LogP contribution < -0.4 is 15.1 Å². The molecule has 0 radical (unpaired) electrons. The standard InChI is InChI=1S/C41H42F2N8O3/c42-41(43)51-34-9-13-44-24-33(34)32-4-1-27(22-36(32)51)28-2-7-37(45-23-28)49-15-11-26(12-16-49)10-14-47-17-19-48(20-18-47)30-3-5-31-29(21-30)25-50(40(31)54)35-6-8-38(52)46-39(35)53/h1-5,7,9,13,21-24,26,35,41H,6,8,10-12,14-20,25H2,(H,46,52,53). The Bertz CT molecular complexity index is 2240. The van der Waals surface area contributed by atoms with Gasteiger partial charge >= 0.3 is 6.55 Å². The van der Waals surface area contributed by atoms with Gasteiger partial charge in [0.1, 0.15) is 11.9 Å². The first-order valence-electron chi connectivity index (χ1n) is 18.9. The van der Waals surface area contributed by atoms with E-state index in [1.807, 2.05) is 48.7 Å². The molecule has 54 heavy (non-hydrogen) atoms. The number of pyridine rings is 2. The Morgan fingerprint density at radius 2 is 1.61 bits per heavy atom. The summed E-state index contributed by atoms with van der Waals surface area (Å²) in [6, 6.07) is 16.8. The molecule has 3 amide bonds. The number of aromatic nitrogens is 3. The Kier molecular flexibility index (Phi) is 8.96. The number of piperazine rings is 1. The van der Waals surface area contributed by atoms with Crippen molar-refractivity contribution in [3.8, 4) is 11.1 Å². The Labute approximate surface area is 311 Å². The Balaban J connectivity index is 0.750. The zero-order valence-electron chi connectivity index (χ0n) is 30.0. The second-order valence-corrected chi connectivity index (χ2v) is 15.0. The number of amides is 3. The van der Waals surface area contributed by atoms with Gasteiger partial charge in [0, 0.05) is 98.4 Å². The molecule has 2 aromatic carbocycles. The van der Waals surface area contributed by atoms with Gasteiger partial charge in [0.15, 0.2) is 0 Å². The summed E-state index contributed by atoms with van der Waals surface area (Å²) >= 11 is 0. The summed E-state index contributed by atoms with van der Waals surface area (Å²) in [7, 11) is 0. The second kappa shape index (κ2) is 14.1. The van der Waals surface area contributed by atoms with Crippen molar-refractivity contribution in [2.24, 2.45) is 5.92 Å². The fraction of sp³-hybridized carbons (Fsp3) is 0.390. The van der Waals surface area contributed by atoms with Crippen molar-refractivity contribution >= 4 is 51.0 Å². The third kappa shape index (κ3) is 6.33. The highest BCUT2D eigenvalue weighted by molar-refractivity contribution is 6.09. The van der Waals surface area contributed by atoms with Crippen molar-refractivity contribution in [2.45, 2.75) is 51.2 Å². The molecule has 1 atom stereocenters. The number of fused-ring (bicyclic) bond motifs is 4. The molecule has 0 bridgehead atoms. The number of imide groups is 1. The molecular formula is C41H42F2N8O3. The summed E-state index contributed by atoms with van der Waals surface area (Å²) in [6.07, 6.45) is 9.06. The van der Waals surface area contributed by atoms with Crippen LogP contribution in [0, 0.1) is 5.92 Å². The van der Waals surface area contributed by atoms with Crippen LogP contribution in [-0.2, 0) is 16.1 Å². The van der Waals surface area contributed by atoms with Crippen LogP contribution in [0.25, 0.3) is 32.9 Å². The number of benzene rings is 2. The lowest BCUT2D eigenvalue weighted by Gasteiger charge is -2.38. The maximum Gasteiger partial charge on any atom is 0.319 e. The van der Waals surface area contributed by atoms with Crippen molar-refractivity contribution in [3.63, 3.8) is 0 Å². The lowest BCUT2D eigenvalue weighted by molar-refractivity contribution is -0.136. The molecule has 13 heteroatoms. The second-order valence-electron chi connectivity index (χ2n) is 15.0. The molecule has 5 aromatic rings. The largest absolute Gasteiger partial charge is 0.369 e. The number of hydrogen-bond acceptors (Lipinski definition) is 8. The highest BCUT2D eigenvalue weighted by Crippen LogP contribution is 2.36. The summed E-state index contributed by atoms with van der Waals surface area (Å²) in [5, 5.41) is 3.85. The molecule has 4 aliphatic heterocycles. The van der Waals surface area contributed by atoms with Crippen LogP contribution >= 0.6 is 0 Å². The van der Waals surface area contributed by atoms with E-state index in [2.05, 4.69) is 31.1 Å². The van der Waals surface area contributed by atoms with Crippen molar-refractivity contribution in [1.29, 1.82) is 0 Å². The van der Waals surface area contributed by atoms with Gasteiger partial charge in [-0.3, -0.25) is 34.2 Å². The molecule has 3 aromatic heterocycles. The summed E-state index contributed by atoms with van der Waals surface area (Å²) in [6.45, 7) is 4.55. The highest BCUT2D eigenvalue weighted by atomic mass is 19.3. The fourth-order valence-electron chi connectivity index (χ4n) is 8.83. The minimum atomic E-state index is -2.66. The van der Waals surface area contributed by atoms with E-state index < -0.39 is 12.6 Å². The normalized spacial score (nSPS) is 20.1. The van der Waals surface area contributed by atoms with Gasteiger partial charge in [0.25, 0.3) is 5.91 Å². The van der Waals surface area contributed by atoms with Gasteiger partial charge in [0.2, 0.25) is 11.8 Å². The van der Waals surface area contributed by atoms with Crippen LogP contribution in [0.1, 0.15) is 54.6 Å². The molecule has 3 fully saturated rings. The SMILES string of the molecule is O=C1CCC(N2Cc3cc(N4CCN(CCC5CCN(c6ccc(-c7ccc8c9cnccc9n(C(F)F)c8c7)cn6)CC5)CC4)ccc3C2=O)C(=O)N1. The third-order valence-corrected chi connectivity index (χ3v) is 11.9. The summed E-state index contributed by atoms with van der Waals surface area (Å²) in [5.41, 5.74) is 5.39. The van der Waals surface area contributed by atoms with Crippen LogP contribution in [0.5, 0.6) is 0 Å². The van der Waals surface area contributed by atoms with E-state index >= 15 is 0 Å². The molecule has 0 aliphatic carbocycles. The number of alkyl halides is 2. The minimum Gasteiger partial charge on any atom is -0.369 e. The number of carbonyl (C=O) groups is 3. The maximum absolute atomic E-state index is 14.1. The van der Waals surface area contributed by atoms with Crippen molar-refractivity contribution in [1.82, 2.24) is 29.7 Å². The number of piperidine rings is 2. The molecule has 7 heterocycles. The number of nitrogens with one attached hydrogen (secondary N) is 1. The Morgan fingerprint density at radius 3 is 2.37 bits per heavy atom. The number of anilines is 2. The minimum absolute atomic E-state index is 0.139. The topological polar surface area (TPSA) is 107 Å². The maximum atomic E-state index is 14.1.